The lowest BCUT2D eigenvalue weighted by molar-refractivity contribution is 0.247. The van der Waals surface area contributed by atoms with E-state index in [9.17, 15) is 4.79 Å². The van der Waals surface area contributed by atoms with Gasteiger partial charge in [0.15, 0.2) is 0 Å². The van der Waals surface area contributed by atoms with Gasteiger partial charge in [-0.25, -0.2) is 4.79 Å². The van der Waals surface area contributed by atoms with E-state index < -0.39 is 0 Å². The summed E-state index contributed by atoms with van der Waals surface area (Å²) in [7, 11) is 0. The number of hydrogen-bond donors (Lipinski definition) is 2. The van der Waals surface area contributed by atoms with Gasteiger partial charge in [0.25, 0.3) is 0 Å². The largest absolute Gasteiger partial charge is 0.492 e. The molecular weight excluding hydrogens is 288 g/mol. The number of amides is 2. The van der Waals surface area contributed by atoms with Crippen LogP contribution in [0.2, 0.25) is 0 Å². The summed E-state index contributed by atoms with van der Waals surface area (Å²) in [5.74, 6) is 1.17. The van der Waals surface area contributed by atoms with Crippen LogP contribution < -0.4 is 15.4 Å². The molecular formula is C19H24N2O2. The fraction of sp³-hybridized carbons (Fsp3) is 0.316. The van der Waals surface area contributed by atoms with Crippen molar-refractivity contribution in [3.05, 3.63) is 59.7 Å². The smallest absolute Gasteiger partial charge is 0.319 e. The van der Waals surface area contributed by atoms with Crippen molar-refractivity contribution in [1.29, 1.82) is 0 Å². The Bertz CT molecular complexity index is 653. The van der Waals surface area contributed by atoms with Crippen LogP contribution in [0.4, 0.5) is 10.5 Å². The quantitative estimate of drug-likeness (QED) is 0.781. The second-order valence-electron chi connectivity index (χ2n) is 5.79. The number of para-hydroxylation sites is 1. The number of ether oxygens (including phenoxy) is 1. The van der Waals surface area contributed by atoms with Crippen molar-refractivity contribution in [2.24, 2.45) is 0 Å². The Kier molecular flexibility index (Phi) is 6.03. The van der Waals surface area contributed by atoms with E-state index in [2.05, 4.69) is 24.5 Å². The second kappa shape index (κ2) is 8.22. The number of carbonyl (C=O) groups excluding carboxylic acids is 1. The SMILES string of the molecule is Cc1cccc(OCCNC(=O)Nc2ccccc2C(C)C)c1. The van der Waals surface area contributed by atoms with E-state index in [1.54, 1.807) is 0 Å². The number of urea groups is 1. The summed E-state index contributed by atoms with van der Waals surface area (Å²) in [5, 5.41) is 5.70. The molecule has 23 heavy (non-hydrogen) atoms. The zero-order chi connectivity index (χ0) is 16.7. The molecule has 2 rings (SSSR count). The number of rotatable bonds is 6. The van der Waals surface area contributed by atoms with Gasteiger partial charge in [-0.2, -0.15) is 0 Å². The maximum Gasteiger partial charge on any atom is 0.319 e. The number of aryl methyl sites for hydroxylation is 1. The third kappa shape index (κ3) is 5.33. The van der Waals surface area contributed by atoms with E-state index in [-0.39, 0.29) is 6.03 Å². The minimum atomic E-state index is -0.217. The molecule has 0 atom stereocenters. The average Bonchev–Trinajstić information content (AvgIpc) is 2.52. The van der Waals surface area contributed by atoms with Gasteiger partial charge in [0, 0.05) is 5.69 Å². The van der Waals surface area contributed by atoms with E-state index in [1.807, 2.05) is 55.5 Å². The van der Waals surface area contributed by atoms with Crippen LogP contribution in [0.3, 0.4) is 0 Å². The lowest BCUT2D eigenvalue weighted by Crippen LogP contribution is -2.32. The molecule has 0 unspecified atom stereocenters. The molecule has 2 aromatic rings. The molecule has 4 nitrogen and oxygen atoms in total. The zero-order valence-corrected chi connectivity index (χ0v) is 13.9. The van der Waals surface area contributed by atoms with Crippen molar-refractivity contribution in [2.75, 3.05) is 18.5 Å². The number of hydrogen-bond acceptors (Lipinski definition) is 2. The van der Waals surface area contributed by atoms with Crippen LogP contribution >= 0.6 is 0 Å². The second-order valence-corrected chi connectivity index (χ2v) is 5.79. The van der Waals surface area contributed by atoms with Crippen LogP contribution in [0.5, 0.6) is 5.75 Å². The molecule has 0 aliphatic rings. The number of carbonyl (C=O) groups is 1. The molecule has 0 saturated heterocycles. The Morgan fingerprint density at radius 3 is 2.65 bits per heavy atom. The molecule has 122 valence electrons. The molecule has 0 aliphatic heterocycles. The Hall–Kier alpha value is -2.49. The van der Waals surface area contributed by atoms with Gasteiger partial charge in [0.05, 0.1) is 6.54 Å². The Labute approximate surface area is 137 Å². The van der Waals surface area contributed by atoms with Crippen LogP contribution in [0.25, 0.3) is 0 Å². The van der Waals surface area contributed by atoms with Crippen molar-refractivity contribution in [2.45, 2.75) is 26.7 Å². The maximum atomic E-state index is 12.0. The summed E-state index contributed by atoms with van der Waals surface area (Å²) in [5.41, 5.74) is 3.12. The van der Waals surface area contributed by atoms with Crippen molar-refractivity contribution < 1.29 is 9.53 Å². The summed E-state index contributed by atoms with van der Waals surface area (Å²) >= 11 is 0. The van der Waals surface area contributed by atoms with Gasteiger partial charge in [0.1, 0.15) is 12.4 Å². The standard InChI is InChI=1S/C19H24N2O2/c1-14(2)17-9-4-5-10-18(17)21-19(22)20-11-12-23-16-8-6-7-15(3)13-16/h4-10,13-14H,11-12H2,1-3H3,(H2,20,21,22). The lowest BCUT2D eigenvalue weighted by atomic mass is 10.0. The van der Waals surface area contributed by atoms with Gasteiger partial charge in [0.2, 0.25) is 0 Å². The summed E-state index contributed by atoms with van der Waals surface area (Å²) < 4.78 is 5.61. The van der Waals surface area contributed by atoms with Gasteiger partial charge in [-0.3, -0.25) is 0 Å². The minimum Gasteiger partial charge on any atom is -0.492 e. The first-order chi connectivity index (χ1) is 11.1. The molecule has 0 aliphatic carbocycles. The number of nitrogens with one attached hydrogen (secondary N) is 2. The van der Waals surface area contributed by atoms with Crippen molar-refractivity contribution in [1.82, 2.24) is 5.32 Å². The Morgan fingerprint density at radius 1 is 1.13 bits per heavy atom. The minimum absolute atomic E-state index is 0.217. The molecule has 0 fully saturated rings. The first kappa shape index (κ1) is 16.9. The lowest BCUT2D eigenvalue weighted by Gasteiger charge is -2.14. The predicted molar refractivity (Wildman–Crippen MR) is 94.2 cm³/mol. The highest BCUT2D eigenvalue weighted by Crippen LogP contribution is 2.23. The van der Waals surface area contributed by atoms with Crippen LogP contribution in [0.1, 0.15) is 30.9 Å². The molecule has 0 radical (unpaired) electrons. The van der Waals surface area contributed by atoms with Crippen molar-refractivity contribution >= 4 is 11.7 Å². The molecule has 2 amide bonds. The average molecular weight is 312 g/mol. The highest BCUT2D eigenvalue weighted by atomic mass is 16.5. The van der Waals surface area contributed by atoms with Gasteiger partial charge < -0.3 is 15.4 Å². The summed E-state index contributed by atoms with van der Waals surface area (Å²) in [6.07, 6.45) is 0. The van der Waals surface area contributed by atoms with Crippen LogP contribution in [-0.4, -0.2) is 19.2 Å². The van der Waals surface area contributed by atoms with Crippen molar-refractivity contribution in [3.63, 3.8) is 0 Å². The zero-order valence-electron chi connectivity index (χ0n) is 13.9. The number of anilines is 1. The van der Waals surface area contributed by atoms with Gasteiger partial charge >= 0.3 is 6.03 Å². The van der Waals surface area contributed by atoms with E-state index >= 15 is 0 Å². The van der Waals surface area contributed by atoms with Gasteiger partial charge in [-0.15, -0.1) is 0 Å². The van der Waals surface area contributed by atoms with E-state index in [0.29, 0.717) is 19.1 Å². The molecule has 0 aromatic heterocycles. The Balaban J connectivity index is 1.77. The molecule has 0 saturated carbocycles. The fourth-order valence-electron chi connectivity index (χ4n) is 2.32. The van der Waals surface area contributed by atoms with Gasteiger partial charge in [-0.05, 0) is 42.2 Å². The highest BCUT2D eigenvalue weighted by Gasteiger charge is 2.08. The monoisotopic (exact) mass is 312 g/mol. The molecule has 2 N–H and O–H groups in total. The van der Waals surface area contributed by atoms with E-state index in [1.165, 1.54) is 0 Å². The van der Waals surface area contributed by atoms with Crippen molar-refractivity contribution in [3.8, 4) is 5.75 Å². The molecule has 0 bridgehead atoms. The number of benzene rings is 2. The van der Waals surface area contributed by atoms with Crippen LogP contribution in [-0.2, 0) is 0 Å². The molecule has 2 aromatic carbocycles. The summed E-state index contributed by atoms with van der Waals surface area (Å²) in [4.78, 5) is 12.0. The molecule has 0 spiro atoms. The molecule has 0 heterocycles. The maximum absolute atomic E-state index is 12.0. The first-order valence-corrected chi connectivity index (χ1v) is 7.89. The molecule has 4 heteroatoms. The van der Waals surface area contributed by atoms with E-state index in [0.717, 1.165) is 22.6 Å². The Morgan fingerprint density at radius 2 is 1.91 bits per heavy atom. The fourth-order valence-corrected chi connectivity index (χ4v) is 2.32. The predicted octanol–water partition coefficient (Wildman–Crippen LogP) is 4.32. The third-order valence-electron chi connectivity index (χ3n) is 3.48. The summed E-state index contributed by atoms with van der Waals surface area (Å²) in [6.45, 7) is 7.11. The first-order valence-electron chi connectivity index (χ1n) is 7.89. The van der Waals surface area contributed by atoms with Crippen LogP contribution in [0.15, 0.2) is 48.5 Å². The normalized spacial score (nSPS) is 10.4. The summed E-state index contributed by atoms with van der Waals surface area (Å²) in [6, 6.07) is 15.5. The van der Waals surface area contributed by atoms with E-state index in [4.69, 9.17) is 4.74 Å². The van der Waals surface area contributed by atoms with Crippen LogP contribution in [0, 0.1) is 6.92 Å². The highest BCUT2D eigenvalue weighted by molar-refractivity contribution is 5.90. The van der Waals surface area contributed by atoms with Gasteiger partial charge in [-0.1, -0.05) is 44.2 Å². The third-order valence-corrected chi connectivity index (χ3v) is 3.48. The topological polar surface area (TPSA) is 50.4 Å².